The van der Waals surface area contributed by atoms with Crippen LogP contribution in [0.2, 0.25) is 0 Å². The second-order valence-electron chi connectivity index (χ2n) is 1.96. The van der Waals surface area contributed by atoms with Crippen molar-refractivity contribution in [1.82, 2.24) is 5.32 Å². The van der Waals surface area contributed by atoms with Crippen LogP contribution in [0, 0.1) is 11.3 Å². The fraction of sp³-hybridized carbons (Fsp3) is 0.333. The van der Waals surface area contributed by atoms with Crippen LogP contribution in [-0.4, -0.2) is 18.2 Å². The monoisotopic (exact) mass is 169 g/mol. The third-order valence-corrected chi connectivity index (χ3v) is 2.26. The zero-order valence-corrected chi connectivity index (χ0v) is 6.57. The van der Waals surface area contributed by atoms with Crippen LogP contribution in [0.4, 0.5) is 0 Å². The SMILES string of the molecule is N#CC(C(N)=O)=C1NCCS1. The first-order chi connectivity index (χ1) is 5.25. The first kappa shape index (κ1) is 7.95. The molecule has 1 rings (SSSR count). The highest BCUT2D eigenvalue weighted by atomic mass is 32.2. The third kappa shape index (κ3) is 1.65. The average Bonchev–Trinajstić information content (AvgIpc) is 2.40. The fourth-order valence-electron chi connectivity index (χ4n) is 0.747. The molecule has 0 atom stereocenters. The van der Waals surface area contributed by atoms with Crippen molar-refractivity contribution in [2.24, 2.45) is 5.73 Å². The minimum atomic E-state index is -0.663. The molecule has 1 saturated heterocycles. The summed E-state index contributed by atoms with van der Waals surface area (Å²) in [6, 6.07) is 1.77. The Morgan fingerprint density at radius 1 is 1.82 bits per heavy atom. The van der Waals surface area contributed by atoms with Gasteiger partial charge in [0.1, 0.15) is 11.6 Å². The molecule has 0 unspecified atom stereocenters. The van der Waals surface area contributed by atoms with Crippen molar-refractivity contribution in [3.8, 4) is 6.07 Å². The van der Waals surface area contributed by atoms with Crippen molar-refractivity contribution >= 4 is 17.7 Å². The molecule has 3 N–H and O–H groups in total. The summed E-state index contributed by atoms with van der Waals surface area (Å²) < 4.78 is 0. The molecule has 0 aromatic rings. The van der Waals surface area contributed by atoms with Crippen molar-refractivity contribution in [1.29, 1.82) is 5.26 Å². The lowest BCUT2D eigenvalue weighted by atomic mass is 10.3. The molecule has 1 aliphatic heterocycles. The third-order valence-electron chi connectivity index (χ3n) is 1.22. The van der Waals surface area contributed by atoms with E-state index in [4.69, 9.17) is 11.0 Å². The second kappa shape index (κ2) is 3.30. The molecular formula is C6H7N3OS. The molecular weight excluding hydrogens is 162 g/mol. The molecule has 1 heterocycles. The summed E-state index contributed by atoms with van der Waals surface area (Å²) in [5, 5.41) is 12.0. The Hall–Kier alpha value is -1.15. The molecule has 4 nitrogen and oxygen atoms in total. The second-order valence-corrected chi connectivity index (χ2v) is 3.06. The zero-order valence-electron chi connectivity index (χ0n) is 5.76. The molecule has 0 aromatic carbocycles. The summed E-state index contributed by atoms with van der Waals surface area (Å²) in [4.78, 5) is 10.6. The van der Waals surface area contributed by atoms with Gasteiger partial charge in [0.25, 0.3) is 5.91 Å². The van der Waals surface area contributed by atoms with E-state index in [1.54, 1.807) is 6.07 Å². The first-order valence-corrected chi connectivity index (χ1v) is 4.05. The highest BCUT2D eigenvalue weighted by Crippen LogP contribution is 2.20. The molecule has 0 aromatic heterocycles. The Kier molecular flexibility index (Phi) is 2.39. The highest BCUT2D eigenvalue weighted by molar-refractivity contribution is 8.03. The van der Waals surface area contributed by atoms with E-state index >= 15 is 0 Å². The van der Waals surface area contributed by atoms with Crippen molar-refractivity contribution in [3.63, 3.8) is 0 Å². The maximum Gasteiger partial charge on any atom is 0.262 e. The lowest BCUT2D eigenvalue weighted by Gasteiger charge is -1.97. The Labute approximate surface area is 68.4 Å². The smallest absolute Gasteiger partial charge is 0.262 e. The molecule has 1 fully saturated rings. The first-order valence-electron chi connectivity index (χ1n) is 3.06. The van der Waals surface area contributed by atoms with Crippen LogP contribution < -0.4 is 11.1 Å². The van der Waals surface area contributed by atoms with Crippen molar-refractivity contribution in [2.75, 3.05) is 12.3 Å². The number of amides is 1. The predicted molar refractivity (Wildman–Crippen MR) is 42.3 cm³/mol. The predicted octanol–water partition coefficient (Wildman–Crippen LogP) is -0.457. The molecule has 1 aliphatic rings. The zero-order chi connectivity index (χ0) is 8.27. The molecule has 1 amide bonds. The van der Waals surface area contributed by atoms with Gasteiger partial charge in [-0.05, 0) is 0 Å². The van der Waals surface area contributed by atoms with E-state index in [0.717, 1.165) is 12.3 Å². The number of carbonyl (C=O) groups is 1. The number of nitrogens with one attached hydrogen (secondary N) is 1. The lowest BCUT2D eigenvalue weighted by molar-refractivity contribution is -0.114. The van der Waals surface area contributed by atoms with Gasteiger partial charge in [-0.3, -0.25) is 4.79 Å². The molecule has 5 heteroatoms. The van der Waals surface area contributed by atoms with Crippen LogP contribution in [0.15, 0.2) is 10.6 Å². The molecule has 0 aliphatic carbocycles. The van der Waals surface area contributed by atoms with Crippen LogP contribution in [0.5, 0.6) is 0 Å². The molecule has 0 bridgehead atoms. The van der Waals surface area contributed by atoms with Gasteiger partial charge in [-0.25, -0.2) is 0 Å². The quantitative estimate of drug-likeness (QED) is 0.411. The van der Waals surface area contributed by atoms with Crippen LogP contribution >= 0.6 is 11.8 Å². The van der Waals surface area contributed by atoms with Gasteiger partial charge < -0.3 is 11.1 Å². The fourth-order valence-corrected chi connectivity index (χ4v) is 1.65. The Morgan fingerprint density at radius 2 is 2.55 bits per heavy atom. The van der Waals surface area contributed by atoms with E-state index in [9.17, 15) is 4.79 Å². The average molecular weight is 169 g/mol. The number of rotatable bonds is 1. The number of nitrogens with two attached hydrogens (primary N) is 1. The van der Waals surface area contributed by atoms with Crippen molar-refractivity contribution in [3.05, 3.63) is 10.6 Å². The summed E-state index contributed by atoms with van der Waals surface area (Å²) in [6.07, 6.45) is 0. The Bertz CT molecular complexity index is 245. The van der Waals surface area contributed by atoms with Gasteiger partial charge in [-0.15, -0.1) is 11.8 Å². The maximum absolute atomic E-state index is 10.6. The summed E-state index contributed by atoms with van der Waals surface area (Å²) in [5.74, 6) is 0.220. The van der Waals surface area contributed by atoms with E-state index < -0.39 is 5.91 Å². The van der Waals surface area contributed by atoms with Gasteiger partial charge in [0.2, 0.25) is 0 Å². The summed E-state index contributed by atoms with van der Waals surface area (Å²) in [6.45, 7) is 0.790. The maximum atomic E-state index is 10.6. The van der Waals surface area contributed by atoms with E-state index in [2.05, 4.69) is 5.32 Å². The minimum absolute atomic E-state index is 0.0347. The summed E-state index contributed by atoms with van der Waals surface area (Å²) in [7, 11) is 0. The minimum Gasteiger partial charge on any atom is -0.378 e. The lowest BCUT2D eigenvalue weighted by Crippen LogP contribution is -2.17. The number of thioether (sulfide) groups is 1. The van der Waals surface area contributed by atoms with E-state index in [-0.39, 0.29) is 5.57 Å². The Balaban J connectivity index is 2.90. The number of hydrogen-bond acceptors (Lipinski definition) is 4. The van der Waals surface area contributed by atoms with Crippen molar-refractivity contribution < 1.29 is 4.79 Å². The summed E-state index contributed by atoms with van der Waals surface area (Å²) >= 11 is 1.45. The topological polar surface area (TPSA) is 78.9 Å². The number of hydrogen-bond donors (Lipinski definition) is 2. The van der Waals surface area contributed by atoms with Crippen LogP contribution in [0.1, 0.15) is 0 Å². The summed E-state index contributed by atoms with van der Waals surface area (Å²) in [5.41, 5.74) is 4.99. The number of carbonyl (C=O) groups excluding carboxylic acids is 1. The van der Waals surface area contributed by atoms with Gasteiger partial charge in [0, 0.05) is 12.3 Å². The molecule has 0 saturated carbocycles. The van der Waals surface area contributed by atoms with Crippen molar-refractivity contribution in [2.45, 2.75) is 0 Å². The van der Waals surface area contributed by atoms with Crippen LogP contribution in [0.3, 0.4) is 0 Å². The number of nitriles is 1. The molecule has 0 radical (unpaired) electrons. The Morgan fingerprint density at radius 3 is 2.91 bits per heavy atom. The van der Waals surface area contributed by atoms with Gasteiger partial charge in [0.05, 0.1) is 5.03 Å². The van der Waals surface area contributed by atoms with E-state index in [0.29, 0.717) is 5.03 Å². The van der Waals surface area contributed by atoms with Crippen LogP contribution in [-0.2, 0) is 4.79 Å². The van der Waals surface area contributed by atoms with Crippen LogP contribution in [0.25, 0.3) is 0 Å². The van der Waals surface area contributed by atoms with Gasteiger partial charge >= 0.3 is 0 Å². The van der Waals surface area contributed by atoms with E-state index in [1.165, 1.54) is 11.8 Å². The molecule has 11 heavy (non-hydrogen) atoms. The normalized spacial score (nSPS) is 20.3. The number of nitrogens with zero attached hydrogens (tertiary/aromatic N) is 1. The van der Waals surface area contributed by atoms with Gasteiger partial charge in [-0.1, -0.05) is 0 Å². The standard InChI is InChI=1S/C6H7N3OS/c7-3-4(5(8)10)6-9-1-2-11-6/h9H,1-2H2,(H2,8,10). The highest BCUT2D eigenvalue weighted by Gasteiger charge is 2.15. The largest absolute Gasteiger partial charge is 0.378 e. The molecule has 58 valence electrons. The van der Waals surface area contributed by atoms with E-state index in [1.807, 2.05) is 0 Å². The van der Waals surface area contributed by atoms with Gasteiger partial charge in [-0.2, -0.15) is 5.26 Å². The van der Waals surface area contributed by atoms with Gasteiger partial charge in [0.15, 0.2) is 0 Å². The molecule has 0 spiro atoms. The number of primary amides is 1.